The first kappa shape index (κ1) is 14.5. The van der Waals surface area contributed by atoms with Crippen LogP contribution in [0.15, 0.2) is 88.3 Å². The molecule has 0 atom stereocenters. The van der Waals surface area contributed by atoms with Gasteiger partial charge in [0.15, 0.2) is 0 Å². The minimum atomic E-state index is 0.932. The number of para-hydroxylation sites is 1. The normalized spacial score (nSPS) is 10.8. The van der Waals surface area contributed by atoms with Crippen molar-refractivity contribution in [1.82, 2.24) is 0 Å². The van der Waals surface area contributed by atoms with Gasteiger partial charge in [0.05, 0.1) is 5.69 Å². The third-order valence-electron chi connectivity index (χ3n) is 3.16. The maximum Gasteiger partial charge on any atom is 0.0631 e. The highest BCUT2D eigenvalue weighted by atomic mass is 79.9. The summed E-state index contributed by atoms with van der Waals surface area (Å²) < 4.78 is 1.07. The summed E-state index contributed by atoms with van der Waals surface area (Å²) >= 11 is 3.43. The van der Waals surface area contributed by atoms with Gasteiger partial charge in [0.2, 0.25) is 0 Å². The van der Waals surface area contributed by atoms with Gasteiger partial charge in [0.25, 0.3) is 0 Å². The molecule has 0 heterocycles. The van der Waals surface area contributed by atoms with Crippen molar-refractivity contribution in [1.29, 1.82) is 0 Å². The lowest BCUT2D eigenvalue weighted by atomic mass is 10.2. The summed E-state index contributed by atoms with van der Waals surface area (Å²) in [5.74, 6) is 0. The average molecular weight is 351 g/mol. The Balaban J connectivity index is 1.67. The van der Waals surface area contributed by atoms with Crippen molar-refractivity contribution in [2.24, 2.45) is 4.99 Å². The Morgan fingerprint density at radius 2 is 1.36 bits per heavy atom. The van der Waals surface area contributed by atoms with E-state index in [4.69, 9.17) is 0 Å². The Hall–Kier alpha value is -2.39. The molecule has 108 valence electrons. The lowest BCUT2D eigenvalue weighted by Gasteiger charge is -2.06. The Morgan fingerprint density at radius 1 is 0.727 bits per heavy atom. The van der Waals surface area contributed by atoms with E-state index in [-0.39, 0.29) is 0 Å². The molecule has 2 nitrogen and oxygen atoms in total. The van der Waals surface area contributed by atoms with Crippen molar-refractivity contribution in [3.05, 3.63) is 88.9 Å². The minimum absolute atomic E-state index is 0.932. The molecule has 0 bridgehead atoms. The van der Waals surface area contributed by atoms with Crippen molar-refractivity contribution < 1.29 is 0 Å². The fourth-order valence-corrected chi connectivity index (χ4v) is 2.28. The van der Waals surface area contributed by atoms with Crippen LogP contribution in [0.25, 0.3) is 0 Å². The van der Waals surface area contributed by atoms with Crippen molar-refractivity contribution in [2.75, 3.05) is 5.32 Å². The van der Waals surface area contributed by atoms with E-state index in [1.165, 1.54) is 0 Å². The van der Waals surface area contributed by atoms with Crippen LogP contribution in [0.4, 0.5) is 17.1 Å². The third-order valence-corrected chi connectivity index (χ3v) is 3.69. The van der Waals surface area contributed by atoms with Crippen molar-refractivity contribution in [2.45, 2.75) is 0 Å². The predicted octanol–water partition coefficient (Wildman–Crippen LogP) is 5.94. The number of nitrogens with one attached hydrogen (secondary N) is 1. The third kappa shape index (κ3) is 4.06. The molecule has 3 heteroatoms. The molecule has 0 saturated heterocycles. The van der Waals surface area contributed by atoms with E-state index in [9.17, 15) is 0 Å². The second-order valence-electron chi connectivity index (χ2n) is 4.85. The van der Waals surface area contributed by atoms with Gasteiger partial charge in [-0.05, 0) is 54.1 Å². The molecular formula is C19H15BrN2. The zero-order chi connectivity index (χ0) is 15.2. The highest BCUT2D eigenvalue weighted by Gasteiger charge is 1.94. The minimum Gasteiger partial charge on any atom is -0.356 e. The van der Waals surface area contributed by atoms with E-state index in [0.717, 1.165) is 27.1 Å². The van der Waals surface area contributed by atoms with Gasteiger partial charge in [-0.25, -0.2) is 0 Å². The maximum atomic E-state index is 4.49. The van der Waals surface area contributed by atoms with Crippen LogP contribution in [-0.4, -0.2) is 6.21 Å². The summed E-state index contributed by atoms with van der Waals surface area (Å²) in [6, 6.07) is 26.2. The van der Waals surface area contributed by atoms with E-state index < -0.39 is 0 Å². The summed E-state index contributed by atoms with van der Waals surface area (Å²) in [6.07, 6.45) is 1.87. The second-order valence-corrected chi connectivity index (χ2v) is 5.76. The molecule has 0 aliphatic carbocycles. The van der Waals surface area contributed by atoms with Crippen LogP contribution in [0.3, 0.4) is 0 Å². The van der Waals surface area contributed by atoms with Crippen LogP contribution < -0.4 is 5.32 Å². The van der Waals surface area contributed by atoms with E-state index in [1.807, 2.05) is 85.1 Å². The Morgan fingerprint density at radius 3 is 2.05 bits per heavy atom. The molecule has 0 fully saturated rings. The molecule has 3 rings (SSSR count). The number of rotatable bonds is 4. The molecule has 0 aromatic heterocycles. The van der Waals surface area contributed by atoms with Gasteiger partial charge in [0, 0.05) is 22.1 Å². The molecule has 0 amide bonds. The van der Waals surface area contributed by atoms with Crippen LogP contribution in [0.1, 0.15) is 5.56 Å². The van der Waals surface area contributed by atoms with Crippen molar-refractivity contribution in [3.63, 3.8) is 0 Å². The molecule has 0 radical (unpaired) electrons. The first-order chi connectivity index (χ1) is 10.8. The largest absolute Gasteiger partial charge is 0.356 e. The van der Waals surface area contributed by atoms with Crippen LogP contribution in [0.2, 0.25) is 0 Å². The highest BCUT2D eigenvalue weighted by Crippen LogP contribution is 2.20. The van der Waals surface area contributed by atoms with Crippen LogP contribution in [0, 0.1) is 0 Å². The van der Waals surface area contributed by atoms with Crippen LogP contribution in [-0.2, 0) is 0 Å². The van der Waals surface area contributed by atoms with E-state index in [0.29, 0.717) is 0 Å². The molecule has 0 saturated carbocycles. The number of anilines is 2. The molecule has 0 unspecified atom stereocenters. The predicted molar refractivity (Wildman–Crippen MR) is 97.6 cm³/mol. The van der Waals surface area contributed by atoms with Gasteiger partial charge in [-0.1, -0.05) is 46.3 Å². The SMILES string of the molecule is Brc1ccc(C=Nc2ccc(Nc3ccccc3)cc2)cc1. The molecular weight excluding hydrogens is 336 g/mol. The van der Waals surface area contributed by atoms with Crippen LogP contribution >= 0.6 is 15.9 Å². The molecule has 3 aromatic carbocycles. The maximum absolute atomic E-state index is 4.49. The number of hydrogen-bond donors (Lipinski definition) is 1. The zero-order valence-corrected chi connectivity index (χ0v) is 13.5. The smallest absolute Gasteiger partial charge is 0.0631 e. The average Bonchev–Trinajstić information content (AvgIpc) is 2.57. The van der Waals surface area contributed by atoms with Gasteiger partial charge in [-0.15, -0.1) is 0 Å². The number of benzene rings is 3. The summed E-state index contributed by atoms with van der Waals surface area (Å²) in [5, 5.41) is 3.35. The Kier molecular flexibility index (Phi) is 4.66. The van der Waals surface area contributed by atoms with Gasteiger partial charge >= 0.3 is 0 Å². The number of aliphatic imine (C=N–C) groups is 1. The summed E-state index contributed by atoms with van der Waals surface area (Å²) in [6.45, 7) is 0. The Bertz CT molecular complexity index is 748. The van der Waals surface area contributed by atoms with E-state index in [1.54, 1.807) is 0 Å². The van der Waals surface area contributed by atoms with Crippen molar-refractivity contribution in [3.8, 4) is 0 Å². The monoisotopic (exact) mass is 350 g/mol. The van der Waals surface area contributed by atoms with Gasteiger partial charge in [-0.2, -0.15) is 0 Å². The molecule has 3 aromatic rings. The van der Waals surface area contributed by atoms with Crippen LogP contribution in [0.5, 0.6) is 0 Å². The zero-order valence-electron chi connectivity index (χ0n) is 11.9. The highest BCUT2D eigenvalue weighted by molar-refractivity contribution is 9.10. The topological polar surface area (TPSA) is 24.4 Å². The van der Waals surface area contributed by atoms with E-state index in [2.05, 4.69) is 26.2 Å². The quantitative estimate of drug-likeness (QED) is 0.578. The fraction of sp³-hybridized carbons (Fsp3) is 0. The Labute approximate surface area is 138 Å². The van der Waals surface area contributed by atoms with E-state index >= 15 is 0 Å². The van der Waals surface area contributed by atoms with Gasteiger partial charge in [0.1, 0.15) is 0 Å². The summed E-state index contributed by atoms with van der Waals surface area (Å²) in [4.78, 5) is 4.49. The first-order valence-corrected chi connectivity index (χ1v) is 7.81. The van der Waals surface area contributed by atoms with Gasteiger partial charge in [-0.3, -0.25) is 4.99 Å². The summed E-state index contributed by atoms with van der Waals surface area (Å²) in [7, 11) is 0. The molecule has 22 heavy (non-hydrogen) atoms. The fourth-order valence-electron chi connectivity index (χ4n) is 2.02. The molecule has 0 spiro atoms. The summed E-state index contributed by atoms with van der Waals surface area (Å²) in [5.41, 5.74) is 4.14. The second kappa shape index (κ2) is 7.05. The standard InChI is InChI=1S/C19H15BrN2/c20-16-8-6-15(7-9-16)14-21-17-10-12-19(13-11-17)22-18-4-2-1-3-5-18/h1-14,22H. The first-order valence-electron chi connectivity index (χ1n) is 7.01. The molecule has 1 N–H and O–H groups in total. The lowest BCUT2D eigenvalue weighted by molar-refractivity contribution is 1.49. The number of hydrogen-bond acceptors (Lipinski definition) is 2. The van der Waals surface area contributed by atoms with Gasteiger partial charge < -0.3 is 5.32 Å². The number of nitrogens with zero attached hydrogens (tertiary/aromatic N) is 1. The lowest BCUT2D eigenvalue weighted by Crippen LogP contribution is -1.88. The van der Waals surface area contributed by atoms with Crippen molar-refractivity contribution >= 4 is 39.2 Å². The molecule has 0 aliphatic rings. The molecule has 0 aliphatic heterocycles. The number of halogens is 1.